The van der Waals surface area contributed by atoms with Gasteiger partial charge in [0.05, 0.1) is 12.2 Å². The van der Waals surface area contributed by atoms with Crippen molar-refractivity contribution in [3.8, 4) is 11.3 Å². The van der Waals surface area contributed by atoms with E-state index in [0.717, 1.165) is 28.9 Å². The lowest BCUT2D eigenvalue weighted by Crippen LogP contribution is -2.18. The Labute approximate surface area is 110 Å². The van der Waals surface area contributed by atoms with Crippen LogP contribution in [0.3, 0.4) is 0 Å². The van der Waals surface area contributed by atoms with E-state index in [0.29, 0.717) is 18.8 Å². The molecule has 0 fully saturated rings. The number of nitrogens with one attached hydrogen (secondary N) is 1. The SMILES string of the molecule is NCc1nccc(-c2ccc3c(c2)CCC(=O)N3)n1. The van der Waals surface area contributed by atoms with E-state index in [2.05, 4.69) is 21.4 Å². The van der Waals surface area contributed by atoms with Crippen LogP contribution < -0.4 is 11.1 Å². The lowest BCUT2D eigenvalue weighted by Gasteiger charge is -2.17. The molecule has 0 radical (unpaired) electrons. The number of aryl methyl sites for hydroxylation is 1. The first-order valence-electron chi connectivity index (χ1n) is 6.21. The molecule has 1 aliphatic rings. The van der Waals surface area contributed by atoms with Crippen LogP contribution in [0.15, 0.2) is 30.5 Å². The zero-order chi connectivity index (χ0) is 13.2. The predicted octanol–water partition coefficient (Wildman–Crippen LogP) is 1.49. The number of hydrogen-bond acceptors (Lipinski definition) is 4. The Morgan fingerprint density at radius 2 is 2.16 bits per heavy atom. The van der Waals surface area contributed by atoms with Gasteiger partial charge in [0.15, 0.2) is 0 Å². The topological polar surface area (TPSA) is 80.9 Å². The summed E-state index contributed by atoms with van der Waals surface area (Å²) in [5.74, 6) is 0.705. The van der Waals surface area contributed by atoms with Gasteiger partial charge in [0.1, 0.15) is 5.82 Å². The van der Waals surface area contributed by atoms with Gasteiger partial charge in [0.2, 0.25) is 5.91 Å². The van der Waals surface area contributed by atoms with Crippen molar-refractivity contribution in [2.45, 2.75) is 19.4 Å². The first kappa shape index (κ1) is 11.8. The van der Waals surface area contributed by atoms with Gasteiger partial charge in [-0.1, -0.05) is 6.07 Å². The van der Waals surface area contributed by atoms with E-state index >= 15 is 0 Å². The minimum atomic E-state index is 0.0766. The largest absolute Gasteiger partial charge is 0.326 e. The molecule has 3 rings (SSSR count). The standard InChI is InChI=1S/C14H14N4O/c15-8-13-16-6-5-12(17-13)9-1-3-11-10(7-9)2-4-14(19)18-11/h1,3,5-7H,2,4,8,15H2,(H,18,19). The molecule has 3 N–H and O–H groups in total. The van der Waals surface area contributed by atoms with Crippen LogP contribution in [-0.4, -0.2) is 15.9 Å². The Balaban J connectivity index is 1.99. The number of hydrogen-bond donors (Lipinski definition) is 2. The summed E-state index contributed by atoms with van der Waals surface area (Å²) in [6, 6.07) is 7.80. The zero-order valence-corrected chi connectivity index (χ0v) is 10.4. The molecule has 2 aromatic rings. The quantitative estimate of drug-likeness (QED) is 0.850. The molecule has 19 heavy (non-hydrogen) atoms. The molecule has 0 spiro atoms. The smallest absolute Gasteiger partial charge is 0.224 e. The second kappa shape index (κ2) is 4.78. The monoisotopic (exact) mass is 254 g/mol. The first-order chi connectivity index (χ1) is 9.26. The molecule has 5 heteroatoms. The second-order valence-corrected chi connectivity index (χ2v) is 4.48. The fourth-order valence-electron chi connectivity index (χ4n) is 2.20. The number of nitrogens with two attached hydrogens (primary N) is 1. The van der Waals surface area contributed by atoms with Gasteiger partial charge in [-0.05, 0) is 30.2 Å². The molecule has 0 saturated carbocycles. The van der Waals surface area contributed by atoms with Gasteiger partial charge in [-0.2, -0.15) is 0 Å². The van der Waals surface area contributed by atoms with Crippen molar-refractivity contribution in [1.29, 1.82) is 0 Å². The summed E-state index contributed by atoms with van der Waals surface area (Å²) in [7, 11) is 0. The Morgan fingerprint density at radius 3 is 3.00 bits per heavy atom. The highest BCUT2D eigenvalue weighted by Gasteiger charge is 2.15. The van der Waals surface area contributed by atoms with Crippen LogP contribution in [0.2, 0.25) is 0 Å². The number of carbonyl (C=O) groups excluding carboxylic acids is 1. The summed E-state index contributed by atoms with van der Waals surface area (Å²) in [4.78, 5) is 19.8. The van der Waals surface area contributed by atoms with Crippen molar-refractivity contribution >= 4 is 11.6 Å². The second-order valence-electron chi connectivity index (χ2n) is 4.48. The highest BCUT2D eigenvalue weighted by molar-refractivity contribution is 5.94. The average molecular weight is 254 g/mol. The van der Waals surface area contributed by atoms with Crippen LogP contribution in [0.25, 0.3) is 11.3 Å². The highest BCUT2D eigenvalue weighted by Crippen LogP contribution is 2.27. The highest BCUT2D eigenvalue weighted by atomic mass is 16.1. The number of nitrogens with zero attached hydrogens (tertiary/aromatic N) is 2. The van der Waals surface area contributed by atoms with Crippen molar-refractivity contribution in [3.63, 3.8) is 0 Å². The van der Waals surface area contributed by atoms with E-state index in [1.165, 1.54) is 0 Å². The fourth-order valence-corrected chi connectivity index (χ4v) is 2.20. The van der Waals surface area contributed by atoms with Crippen LogP contribution in [0.5, 0.6) is 0 Å². The molecule has 0 saturated heterocycles. The summed E-state index contributed by atoms with van der Waals surface area (Å²) in [6.07, 6.45) is 3.02. The number of amides is 1. The molecule has 96 valence electrons. The van der Waals surface area contributed by atoms with Crippen LogP contribution in [-0.2, 0) is 17.8 Å². The third-order valence-corrected chi connectivity index (χ3v) is 3.18. The van der Waals surface area contributed by atoms with E-state index < -0.39 is 0 Å². The van der Waals surface area contributed by atoms with Crippen LogP contribution in [0.1, 0.15) is 17.8 Å². The number of anilines is 1. The van der Waals surface area contributed by atoms with Crippen molar-refractivity contribution in [2.75, 3.05) is 5.32 Å². The van der Waals surface area contributed by atoms with Gasteiger partial charge in [0.25, 0.3) is 0 Å². The van der Waals surface area contributed by atoms with Crippen molar-refractivity contribution < 1.29 is 4.79 Å². The summed E-state index contributed by atoms with van der Waals surface area (Å²) in [5, 5.41) is 2.87. The van der Waals surface area contributed by atoms with E-state index in [1.54, 1.807) is 6.20 Å². The molecule has 1 aliphatic heterocycles. The van der Waals surface area contributed by atoms with Crippen LogP contribution >= 0.6 is 0 Å². The molecule has 1 amide bonds. The first-order valence-corrected chi connectivity index (χ1v) is 6.21. The van der Waals surface area contributed by atoms with Crippen LogP contribution in [0.4, 0.5) is 5.69 Å². The Kier molecular flexibility index (Phi) is 2.97. The van der Waals surface area contributed by atoms with Gasteiger partial charge in [-0.3, -0.25) is 4.79 Å². The minimum absolute atomic E-state index is 0.0766. The summed E-state index contributed by atoms with van der Waals surface area (Å²) in [5.41, 5.74) is 9.47. The maximum absolute atomic E-state index is 11.3. The maximum atomic E-state index is 11.3. The molecule has 1 aromatic carbocycles. The third-order valence-electron chi connectivity index (χ3n) is 3.18. The number of aromatic nitrogens is 2. The molecule has 2 heterocycles. The fraction of sp³-hybridized carbons (Fsp3) is 0.214. The van der Waals surface area contributed by atoms with E-state index in [9.17, 15) is 4.79 Å². The normalized spacial score (nSPS) is 13.8. The molecule has 0 atom stereocenters. The maximum Gasteiger partial charge on any atom is 0.224 e. The summed E-state index contributed by atoms with van der Waals surface area (Å²) >= 11 is 0. The summed E-state index contributed by atoms with van der Waals surface area (Å²) < 4.78 is 0. The Bertz CT molecular complexity index is 639. The lowest BCUT2D eigenvalue weighted by atomic mass is 9.99. The van der Waals surface area contributed by atoms with Crippen molar-refractivity contribution in [3.05, 3.63) is 41.9 Å². The molecular weight excluding hydrogens is 240 g/mol. The number of rotatable bonds is 2. The zero-order valence-electron chi connectivity index (χ0n) is 10.4. The minimum Gasteiger partial charge on any atom is -0.326 e. The summed E-state index contributed by atoms with van der Waals surface area (Å²) in [6.45, 7) is 0.328. The van der Waals surface area contributed by atoms with Crippen molar-refractivity contribution in [2.24, 2.45) is 5.73 Å². The van der Waals surface area contributed by atoms with Crippen molar-refractivity contribution in [1.82, 2.24) is 9.97 Å². The van der Waals surface area contributed by atoms with Gasteiger partial charge >= 0.3 is 0 Å². The van der Waals surface area contributed by atoms with Crippen LogP contribution in [0, 0.1) is 0 Å². The third kappa shape index (κ3) is 2.32. The molecule has 1 aromatic heterocycles. The number of benzene rings is 1. The molecule has 5 nitrogen and oxygen atoms in total. The Hall–Kier alpha value is -2.27. The van der Waals surface area contributed by atoms with E-state index in [4.69, 9.17) is 5.73 Å². The van der Waals surface area contributed by atoms with Gasteiger partial charge < -0.3 is 11.1 Å². The molecular formula is C14H14N4O. The average Bonchev–Trinajstić information content (AvgIpc) is 2.46. The number of fused-ring (bicyclic) bond motifs is 1. The van der Waals surface area contributed by atoms with Gasteiger partial charge in [-0.25, -0.2) is 9.97 Å². The Morgan fingerprint density at radius 1 is 1.26 bits per heavy atom. The molecule has 0 bridgehead atoms. The van der Waals surface area contributed by atoms with Gasteiger partial charge in [-0.15, -0.1) is 0 Å². The van der Waals surface area contributed by atoms with E-state index in [1.807, 2.05) is 18.2 Å². The molecule has 0 aliphatic carbocycles. The number of carbonyl (C=O) groups is 1. The predicted molar refractivity (Wildman–Crippen MR) is 72.3 cm³/mol. The molecule has 0 unspecified atom stereocenters. The van der Waals surface area contributed by atoms with E-state index in [-0.39, 0.29) is 5.91 Å². The van der Waals surface area contributed by atoms with Gasteiger partial charge in [0, 0.05) is 23.9 Å². The lowest BCUT2D eigenvalue weighted by molar-refractivity contribution is -0.116.